The molecule has 1 aromatic carbocycles. The van der Waals surface area contributed by atoms with Crippen LogP contribution in [-0.4, -0.2) is 30.6 Å². The summed E-state index contributed by atoms with van der Waals surface area (Å²) >= 11 is 0. The van der Waals surface area contributed by atoms with E-state index in [4.69, 9.17) is 0 Å². The van der Waals surface area contributed by atoms with Crippen molar-refractivity contribution in [1.29, 1.82) is 0 Å². The minimum atomic E-state index is -0.469. The Morgan fingerprint density at radius 1 is 1.25 bits per heavy atom. The van der Waals surface area contributed by atoms with Crippen LogP contribution in [-0.2, 0) is 4.74 Å². The van der Waals surface area contributed by atoms with Gasteiger partial charge in [-0.25, -0.2) is 4.79 Å². The van der Waals surface area contributed by atoms with Crippen molar-refractivity contribution in [3.05, 3.63) is 23.8 Å². The van der Waals surface area contributed by atoms with Crippen LogP contribution in [0.1, 0.15) is 42.5 Å². The van der Waals surface area contributed by atoms with Crippen molar-refractivity contribution >= 4 is 17.5 Å². The molecule has 0 aliphatic carbocycles. The summed E-state index contributed by atoms with van der Waals surface area (Å²) in [5, 5.41) is 12.9. The van der Waals surface area contributed by atoms with E-state index >= 15 is 0 Å². The quantitative estimate of drug-likeness (QED) is 0.815. The predicted molar refractivity (Wildman–Crippen MR) is 78.5 cm³/mol. The van der Waals surface area contributed by atoms with Crippen molar-refractivity contribution in [1.82, 2.24) is 0 Å². The van der Waals surface area contributed by atoms with Crippen LogP contribution < -0.4 is 5.32 Å². The Labute approximate surface area is 118 Å². The van der Waals surface area contributed by atoms with Crippen molar-refractivity contribution in [2.75, 3.05) is 19.0 Å². The smallest absolute Gasteiger partial charge is 0.338 e. The predicted octanol–water partition coefficient (Wildman–Crippen LogP) is 2.95. The van der Waals surface area contributed by atoms with Gasteiger partial charge >= 0.3 is 5.97 Å². The Bertz CT molecular complexity index is 512. The number of benzene rings is 1. The Kier molecular flexibility index (Phi) is 4.98. The van der Waals surface area contributed by atoms with E-state index in [-0.39, 0.29) is 5.75 Å². The highest BCUT2D eigenvalue weighted by Crippen LogP contribution is 2.21. The van der Waals surface area contributed by atoms with E-state index in [1.54, 1.807) is 12.1 Å². The number of nitrogens with one attached hydrogen (secondary N) is 1. The summed E-state index contributed by atoms with van der Waals surface area (Å²) in [7, 11) is 1.32. The molecule has 1 heterocycles. The number of aliphatic imine (C=N–C) groups is 1. The molecule has 0 bridgehead atoms. The summed E-state index contributed by atoms with van der Waals surface area (Å²) < 4.78 is 4.66. The third kappa shape index (κ3) is 3.98. The van der Waals surface area contributed by atoms with Crippen LogP contribution in [0.25, 0.3) is 0 Å². The molecule has 0 amide bonds. The molecule has 108 valence electrons. The van der Waals surface area contributed by atoms with Crippen molar-refractivity contribution < 1.29 is 14.6 Å². The van der Waals surface area contributed by atoms with Gasteiger partial charge in [-0.05, 0) is 25.0 Å². The second-order valence-electron chi connectivity index (χ2n) is 4.88. The first kappa shape index (κ1) is 14.4. The molecular weight excluding hydrogens is 256 g/mol. The van der Waals surface area contributed by atoms with E-state index in [9.17, 15) is 9.90 Å². The summed E-state index contributed by atoms with van der Waals surface area (Å²) in [4.78, 5) is 16.0. The molecule has 0 atom stereocenters. The zero-order valence-corrected chi connectivity index (χ0v) is 11.7. The maximum absolute atomic E-state index is 11.5. The van der Waals surface area contributed by atoms with E-state index in [0.29, 0.717) is 11.3 Å². The van der Waals surface area contributed by atoms with Crippen LogP contribution in [0.2, 0.25) is 0 Å². The lowest BCUT2D eigenvalue weighted by Gasteiger charge is -2.13. The summed E-state index contributed by atoms with van der Waals surface area (Å²) in [5.41, 5.74) is 0.978. The monoisotopic (exact) mass is 276 g/mol. The lowest BCUT2D eigenvalue weighted by atomic mass is 10.1. The first-order valence-electron chi connectivity index (χ1n) is 6.92. The maximum Gasteiger partial charge on any atom is 0.338 e. The number of anilines is 1. The number of carbonyl (C=O) groups excluding carboxylic acids is 1. The third-order valence-corrected chi connectivity index (χ3v) is 3.25. The van der Waals surface area contributed by atoms with Crippen molar-refractivity contribution in [2.24, 2.45) is 4.99 Å². The van der Waals surface area contributed by atoms with Crippen LogP contribution in [0.15, 0.2) is 23.2 Å². The standard InChI is InChI=1S/C15H20N2O3/c1-20-15(19)11-8-12(10-13(18)9-11)17-14-6-4-2-3-5-7-16-14/h8-10,18H,2-7H2,1H3,(H,16,17). The molecule has 0 unspecified atom stereocenters. The Hall–Kier alpha value is -2.04. The van der Waals surface area contributed by atoms with E-state index in [2.05, 4.69) is 15.0 Å². The molecule has 5 heteroatoms. The summed E-state index contributed by atoms with van der Waals surface area (Å²) in [6.45, 7) is 0.824. The van der Waals surface area contributed by atoms with Gasteiger partial charge in [0.2, 0.25) is 0 Å². The number of nitrogens with zero attached hydrogens (tertiary/aromatic N) is 1. The van der Waals surface area contributed by atoms with Gasteiger partial charge in [0.1, 0.15) is 11.6 Å². The molecule has 0 aromatic heterocycles. The third-order valence-electron chi connectivity index (χ3n) is 3.25. The lowest BCUT2D eigenvalue weighted by molar-refractivity contribution is 0.0600. The maximum atomic E-state index is 11.5. The molecule has 20 heavy (non-hydrogen) atoms. The highest BCUT2D eigenvalue weighted by atomic mass is 16.5. The molecule has 0 saturated carbocycles. The van der Waals surface area contributed by atoms with Crippen molar-refractivity contribution in [3.63, 3.8) is 0 Å². The number of methoxy groups -OCH3 is 1. The number of rotatable bonds is 2. The van der Waals surface area contributed by atoms with Crippen LogP contribution in [0.5, 0.6) is 5.75 Å². The van der Waals surface area contributed by atoms with E-state index in [1.807, 2.05) is 0 Å². The fourth-order valence-corrected chi connectivity index (χ4v) is 2.24. The zero-order chi connectivity index (χ0) is 14.4. The van der Waals surface area contributed by atoms with Gasteiger partial charge in [0.05, 0.1) is 12.7 Å². The normalized spacial score (nSPS) is 15.8. The SMILES string of the molecule is COC(=O)c1cc(O)cc(NC2=NCCCCCC2)c1. The molecule has 0 fully saturated rings. The lowest BCUT2D eigenvalue weighted by Crippen LogP contribution is -2.14. The van der Waals surface area contributed by atoms with Crippen LogP contribution in [0.3, 0.4) is 0 Å². The average Bonchev–Trinajstić information content (AvgIpc) is 2.40. The number of esters is 1. The summed E-state index contributed by atoms with van der Waals surface area (Å²) in [6.07, 6.45) is 5.56. The molecule has 0 spiro atoms. The fourth-order valence-electron chi connectivity index (χ4n) is 2.24. The van der Waals surface area contributed by atoms with Gasteiger partial charge < -0.3 is 15.2 Å². The molecule has 0 saturated heterocycles. The van der Waals surface area contributed by atoms with Gasteiger partial charge in [0, 0.05) is 24.7 Å². The van der Waals surface area contributed by atoms with Crippen molar-refractivity contribution in [3.8, 4) is 5.75 Å². The van der Waals surface area contributed by atoms with Gasteiger partial charge in [-0.1, -0.05) is 12.8 Å². The number of ether oxygens (including phenoxy) is 1. The van der Waals surface area contributed by atoms with Crippen LogP contribution in [0, 0.1) is 0 Å². The number of amidine groups is 1. The molecule has 2 rings (SSSR count). The number of phenolic OH excluding ortho intramolecular Hbond substituents is 1. The fraction of sp³-hybridized carbons (Fsp3) is 0.467. The molecule has 1 aliphatic heterocycles. The van der Waals surface area contributed by atoms with Gasteiger partial charge in [-0.15, -0.1) is 0 Å². The van der Waals surface area contributed by atoms with E-state index in [1.165, 1.54) is 26.0 Å². The minimum Gasteiger partial charge on any atom is -0.508 e. The number of hydrogen-bond donors (Lipinski definition) is 2. The highest BCUT2D eigenvalue weighted by Gasteiger charge is 2.10. The second-order valence-corrected chi connectivity index (χ2v) is 4.88. The summed E-state index contributed by atoms with van der Waals surface area (Å²) in [6, 6.07) is 4.62. The summed E-state index contributed by atoms with van der Waals surface area (Å²) in [5.74, 6) is 0.469. The molecule has 1 aromatic rings. The highest BCUT2D eigenvalue weighted by molar-refractivity contribution is 5.97. The largest absolute Gasteiger partial charge is 0.508 e. The molecule has 5 nitrogen and oxygen atoms in total. The molecule has 2 N–H and O–H groups in total. The number of hydrogen-bond acceptors (Lipinski definition) is 5. The Morgan fingerprint density at radius 2 is 2.05 bits per heavy atom. The van der Waals surface area contributed by atoms with Crippen LogP contribution in [0.4, 0.5) is 5.69 Å². The van der Waals surface area contributed by atoms with E-state index in [0.717, 1.165) is 31.6 Å². The first-order chi connectivity index (χ1) is 9.69. The van der Waals surface area contributed by atoms with E-state index < -0.39 is 5.97 Å². The zero-order valence-electron chi connectivity index (χ0n) is 11.7. The minimum absolute atomic E-state index is 0.0295. The number of aromatic hydroxyl groups is 1. The Morgan fingerprint density at radius 3 is 2.85 bits per heavy atom. The van der Waals surface area contributed by atoms with Crippen LogP contribution >= 0.6 is 0 Å². The topological polar surface area (TPSA) is 70.9 Å². The number of carbonyl (C=O) groups is 1. The average molecular weight is 276 g/mol. The first-order valence-corrected chi connectivity index (χ1v) is 6.92. The van der Waals surface area contributed by atoms with Gasteiger partial charge in [-0.2, -0.15) is 0 Å². The molecule has 1 aliphatic rings. The Balaban J connectivity index is 2.15. The molecule has 0 radical (unpaired) electrons. The second kappa shape index (κ2) is 6.93. The number of phenols is 1. The van der Waals surface area contributed by atoms with Gasteiger partial charge in [-0.3, -0.25) is 4.99 Å². The van der Waals surface area contributed by atoms with Crippen molar-refractivity contribution in [2.45, 2.75) is 32.1 Å². The van der Waals surface area contributed by atoms with Gasteiger partial charge in [0.25, 0.3) is 0 Å². The molecular formula is C15H20N2O3. The van der Waals surface area contributed by atoms with Gasteiger partial charge in [0.15, 0.2) is 0 Å².